The highest BCUT2D eigenvalue weighted by molar-refractivity contribution is 6.33. The molecule has 2 saturated heterocycles. The molecule has 0 radical (unpaired) electrons. The van der Waals surface area contributed by atoms with Gasteiger partial charge in [-0.2, -0.15) is 0 Å². The Kier molecular flexibility index (Phi) is 6.43. The molecule has 2 atom stereocenters. The van der Waals surface area contributed by atoms with Crippen molar-refractivity contribution in [3.05, 3.63) is 29.3 Å². The van der Waals surface area contributed by atoms with Crippen LogP contribution in [-0.2, 0) is 4.79 Å². The number of rotatable bonds is 5. The molecule has 1 aromatic rings. The summed E-state index contributed by atoms with van der Waals surface area (Å²) in [7, 11) is 0. The van der Waals surface area contributed by atoms with Crippen LogP contribution in [0.3, 0.4) is 0 Å². The molecule has 2 fully saturated rings. The summed E-state index contributed by atoms with van der Waals surface area (Å²) in [5.41, 5.74) is 7.35. The first kappa shape index (κ1) is 19.5. The highest BCUT2D eigenvalue weighted by Crippen LogP contribution is 2.31. The third kappa shape index (κ3) is 4.00. The van der Waals surface area contributed by atoms with Crippen molar-refractivity contribution in [2.75, 3.05) is 37.6 Å². The second-order valence-electron chi connectivity index (χ2n) is 7.39. The molecule has 0 saturated carbocycles. The standard InChI is InChI=1S/C20H31ClN4O/c1-3-23(4-2)20(26)19-13-15(22)14-25(19)16-9-11-24(12-10-16)18-8-6-5-7-17(18)21/h5-8,15-16,19H,3-4,9-14,22H2,1-2H3/t15-,19-/m0/s1. The number of para-hydroxylation sites is 1. The van der Waals surface area contributed by atoms with E-state index in [2.05, 4.69) is 15.9 Å². The normalized spacial score (nSPS) is 24.8. The van der Waals surface area contributed by atoms with E-state index in [-0.39, 0.29) is 18.0 Å². The summed E-state index contributed by atoms with van der Waals surface area (Å²) < 4.78 is 0. The van der Waals surface area contributed by atoms with E-state index >= 15 is 0 Å². The Balaban J connectivity index is 1.65. The maximum absolute atomic E-state index is 12.9. The number of anilines is 1. The SMILES string of the molecule is CCN(CC)C(=O)[C@@H]1C[C@H](N)CN1C1CCN(c2ccccc2Cl)CC1. The summed E-state index contributed by atoms with van der Waals surface area (Å²) in [5, 5.41) is 0.809. The lowest BCUT2D eigenvalue weighted by Gasteiger charge is -2.40. The van der Waals surface area contributed by atoms with Crippen molar-refractivity contribution in [1.82, 2.24) is 9.80 Å². The number of likely N-dealkylation sites (tertiary alicyclic amines) is 1. The van der Waals surface area contributed by atoms with Gasteiger partial charge in [0.05, 0.1) is 16.8 Å². The Morgan fingerprint density at radius 2 is 1.88 bits per heavy atom. The highest BCUT2D eigenvalue weighted by atomic mass is 35.5. The van der Waals surface area contributed by atoms with Crippen molar-refractivity contribution in [3.63, 3.8) is 0 Å². The van der Waals surface area contributed by atoms with E-state index in [1.165, 1.54) is 0 Å². The van der Waals surface area contributed by atoms with Crippen LogP contribution in [0.5, 0.6) is 0 Å². The zero-order chi connectivity index (χ0) is 18.7. The van der Waals surface area contributed by atoms with Crippen molar-refractivity contribution in [2.45, 2.75) is 51.2 Å². The predicted molar refractivity (Wildman–Crippen MR) is 108 cm³/mol. The fraction of sp³-hybridized carbons (Fsp3) is 0.650. The fourth-order valence-electron chi connectivity index (χ4n) is 4.43. The predicted octanol–water partition coefficient (Wildman–Crippen LogP) is 2.58. The van der Waals surface area contributed by atoms with Crippen LogP contribution in [0.1, 0.15) is 33.1 Å². The smallest absolute Gasteiger partial charge is 0.239 e. The van der Waals surface area contributed by atoms with Crippen molar-refractivity contribution < 1.29 is 4.79 Å². The van der Waals surface area contributed by atoms with E-state index in [0.29, 0.717) is 6.04 Å². The third-order valence-electron chi connectivity index (χ3n) is 5.86. The first-order valence-electron chi connectivity index (χ1n) is 9.84. The Labute approximate surface area is 162 Å². The van der Waals surface area contributed by atoms with Crippen molar-refractivity contribution in [1.29, 1.82) is 0 Å². The number of halogens is 1. The molecule has 0 bridgehead atoms. The Hall–Kier alpha value is -1.30. The molecule has 2 heterocycles. The van der Waals surface area contributed by atoms with Gasteiger partial charge in [-0.1, -0.05) is 23.7 Å². The lowest BCUT2D eigenvalue weighted by molar-refractivity contribution is -0.136. The topological polar surface area (TPSA) is 52.8 Å². The molecule has 6 heteroatoms. The minimum absolute atomic E-state index is 0.0539. The van der Waals surface area contributed by atoms with Crippen LogP contribution in [0.2, 0.25) is 5.02 Å². The van der Waals surface area contributed by atoms with Gasteiger partial charge in [0.2, 0.25) is 5.91 Å². The summed E-state index contributed by atoms with van der Waals surface area (Å²) in [5.74, 6) is 0.247. The van der Waals surface area contributed by atoms with Gasteiger partial charge in [-0.15, -0.1) is 0 Å². The lowest BCUT2D eigenvalue weighted by Crippen LogP contribution is -2.52. The molecule has 3 rings (SSSR count). The zero-order valence-corrected chi connectivity index (χ0v) is 16.7. The zero-order valence-electron chi connectivity index (χ0n) is 15.9. The Bertz CT molecular complexity index is 614. The molecule has 2 aliphatic heterocycles. The molecule has 0 aromatic heterocycles. The van der Waals surface area contributed by atoms with Crippen LogP contribution in [0, 0.1) is 0 Å². The van der Waals surface area contributed by atoms with Crippen LogP contribution in [0.4, 0.5) is 5.69 Å². The van der Waals surface area contributed by atoms with E-state index in [1.54, 1.807) is 0 Å². The van der Waals surface area contributed by atoms with Gasteiger partial charge in [0.1, 0.15) is 0 Å². The van der Waals surface area contributed by atoms with Gasteiger partial charge in [-0.05, 0) is 45.2 Å². The number of nitrogens with two attached hydrogens (primary N) is 1. The van der Waals surface area contributed by atoms with Gasteiger partial charge < -0.3 is 15.5 Å². The summed E-state index contributed by atoms with van der Waals surface area (Å²) in [6.45, 7) is 8.37. The number of carbonyl (C=O) groups excluding carboxylic acids is 1. The van der Waals surface area contributed by atoms with Crippen LogP contribution >= 0.6 is 11.6 Å². The molecule has 0 spiro atoms. The summed E-state index contributed by atoms with van der Waals surface area (Å²) in [6, 6.07) is 8.50. The molecule has 1 aromatic carbocycles. The minimum atomic E-state index is -0.0539. The van der Waals surface area contributed by atoms with Crippen LogP contribution < -0.4 is 10.6 Å². The summed E-state index contributed by atoms with van der Waals surface area (Å²) in [6.07, 6.45) is 2.86. The van der Waals surface area contributed by atoms with Crippen LogP contribution in [0.15, 0.2) is 24.3 Å². The maximum Gasteiger partial charge on any atom is 0.239 e. The van der Waals surface area contributed by atoms with E-state index in [9.17, 15) is 4.79 Å². The molecule has 144 valence electrons. The van der Waals surface area contributed by atoms with E-state index in [4.69, 9.17) is 17.3 Å². The number of hydrogen-bond donors (Lipinski definition) is 1. The van der Waals surface area contributed by atoms with Gasteiger partial charge in [0.25, 0.3) is 0 Å². The number of hydrogen-bond acceptors (Lipinski definition) is 4. The quantitative estimate of drug-likeness (QED) is 0.855. The molecular weight excluding hydrogens is 348 g/mol. The molecule has 5 nitrogen and oxygen atoms in total. The number of nitrogens with zero attached hydrogens (tertiary/aromatic N) is 3. The average molecular weight is 379 g/mol. The fourth-order valence-corrected chi connectivity index (χ4v) is 4.69. The molecule has 2 N–H and O–H groups in total. The number of piperidine rings is 1. The van der Waals surface area contributed by atoms with Crippen LogP contribution in [-0.4, -0.2) is 66.6 Å². The molecule has 1 amide bonds. The van der Waals surface area contributed by atoms with Gasteiger partial charge in [-0.25, -0.2) is 0 Å². The van der Waals surface area contributed by atoms with Crippen molar-refractivity contribution in [2.24, 2.45) is 5.73 Å². The van der Waals surface area contributed by atoms with Crippen molar-refractivity contribution >= 4 is 23.2 Å². The second-order valence-corrected chi connectivity index (χ2v) is 7.80. The van der Waals surface area contributed by atoms with Gasteiger partial charge in [0, 0.05) is 44.8 Å². The molecule has 0 unspecified atom stereocenters. The summed E-state index contributed by atoms with van der Waals surface area (Å²) in [4.78, 5) is 19.6. The number of amides is 1. The molecule has 2 aliphatic rings. The van der Waals surface area contributed by atoms with E-state index < -0.39 is 0 Å². The monoisotopic (exact) mass is 378 g/mol. The second kappa shape index (κ2) is 8.59. The number of carbonyl (C=O) groups is 1. The molecule has 0 aliphatic carbocycles. The van der Waals surface area contributed by atoms with Crippen LogP contribution in [0.25, 0.3) is 0 Å². The maximum atomic E-state index is 12.9. The Morgan fingerprint density at radius 3 is 2.50 bits per heavy atom. The highest BCUT2D eigenvalue weighted by Gasteiger charge is 2.41. The minimum Gasteiger partial charge on any atom is -0.370 e. The van der Waals surface area contributed by atoms with E-state index in [0.717, 1.165) is 62.7 Å². The Morgan fingerprint density at radius 1 is 1.23 bits per heavy atom. The van der Waals surface area contributed by atoms with E-state index in [1.807, 2.05) is 36.9 Å². The number of likely N-dealkylation sites (N-methyl/N-ethyl adjacent to an activating group) is 1. The largest absolute Gasteiger partial charge is 0.370 e. The lowest BCUT2D eigenvalue weighted by atomic mass is 10.0. The molecule has 26 heavy (non-hydrogen) atoms. The van der Waals surface area contributed by atoms with Gasteiger partial charge in [-0.3, -0.25) is 9.69 Å². The summed E-state index contributed by atoms with van der Waals surface area (Å²) >= 11 is 6.35. The van der Waals surface area contributed by atoms with Gasteiger partial charge >= 0.3 is 0 Å². The van der Waals surface area contributed by atoms with Crippen molar-refractivity contribution in [3.8, 4) is 0 Å². The molecular formula is C20H31ClN4O. The van der Waals surface area contributed by atoms with Gasteiger partial charge in [0.15, 0.2) is 0 Å². The first-order valence-corrected chi connectivity index (χ1v) is 10.2. The number of benzene rings is 1. The average Bonchev–Trinajstić information content (AvgIpc) is 3.05. The first-order chi connectivity index (χ1) is 12.5. The third-order valence-corrected chi connectivity index (χ3v) is 6.18.